The van der Waals surface area contributed by atoms with Gasteiger partial charge in [0.25, 0.3) is 0 Å². The second kappa shape index (κ2) is 3.44. The maximum Gasteiger partial charge on any atom is 0.0681 e. The van der Waals surface area contributed by atoms with Gasteiger partial charge < -0.3 is 5.73 Å². The molecule has 0 bridgehead atoms. The van der Waals surface area contributed by atoms with E-state index >= 15 is 0 Å². The van der Waals surface area contributed by atoms with Crippen LogP contribution < -0.4 is 5.73 Å². The highest BCUT2D eigenvalue weighted by atomic mass is 15.3. The first-order valence-corrected chi connectivity index (χ1v) is 5.97. The Morgan fingerprint density at radius 3 is 2.53 bits per heavy atom. The van der Waals surface area contributed by atoms with E-state index in [9.17, 15) is 0 Å². The van der Waals surface area contributed by atoms with Crippen molar-refractivity contribution in [1.29, 1.82) is 0 Å². The first kappa shape index (κ1) is 10.5. The van der Waals surface area contributed by atoms with Gasteiger partial charge >= 0.3 is 0 Å². The van der Waals surface area contributed by atoms with Gasteiger partial charge in [0.1, 0.15) is 0 Å². The van der Waals surface area contributed by atoms with E-state index in [1.807, 2.05) is 23.0 Å². The summed E-state index contributed by atoms with van der Waals surface area (Å²) in [5.41, 5.74) is 8.81. The van der Waals surface area contributed by atoms with E-state index in [-0.39, 0.29) is 11.5 Å². The van der Waals surface area contributed by atoms with Gasteiger partial charge in [0.2, 0.25) is 0 Å². The van der Waals surface area contributed by atoms with Crippen molar-refractivity contribution in [3.8, 4) is 5.69 Å². The summed E-state index contributed by atoms with van der Waals surface area (Å²) in [5, 5.41) is 4.31. The molecule has 0 spiro atoms. The van der Waals surface area contributed by atoms with Crippen molar-refractivity contribution >= 4 is 0 Å². The molecule has 3 nitrogen and oxygen atoms in total. The lowest BCUT2D eigenvalue weighted by Gasteiger charge is -2.10. The van der Waals surface area contributed by atoms with Crippen LogP contribution in [0.25, 0.3) is 5.69 Å². The molecule has 2 N–H and O–H groups in total. The number of hydrogen-bond donors (Lipinski definition) is 1. The Bertz CT molecular complexity index is 528. The van der Waals surface area contributed by atoms with Gasteiger partial charge in [0.05, 0.1) is 5.69 Å². The van der Waals surface area contributed by atoms with E-state index in [0.717, 1.165) is 5.69 Å². The van der Waals surface area contributed by atoms with Gasteiger partial charge in [-0.05, 0) is 23.1 Å². The van der Waals surface area contributed by atoms with Crippen molar-refractivity contribution in [1.82, 2.24) is 9.78 Å². The number of benzene rings is 1. The van der Waals surface area contributed by atoms with Gasteiger partial charge in [-0.1, -0.05) is 32.0 Å². The molecule has 0 saturated heterocycles. The van der Waals surface area contributed by atoms with E-state index in [2.05, 4.69) is 37.1 Å². The lowest BCUT2D eigenvalue weighted by Crippen LogP contribution is -2.07. The van der Waals surface area contributed by atoms with E-state index in [1.54, 1.807) is 6.20 Å². The third-order valence-electron chi connectivity index (χ3n) is 3.93. The molecule has 1 aliphatic rings. The summed E-state index contributed by atoms with van der Waals surface area (Å²) in [5.74, 6) is 0.433. The fourth-order valence-electron chi connectivity index (χ4n) is 2.64. The molecule has 3 heteroatoms. The van der Waals surface area contributed by atoms with Crippen LogP contribution in [-0.4, -0.2) is 15.8 Å². The third kappa shape index (κ3) is 1.50. The summed E-state index contributed by atoms with van der Waals surface area (Å²) in [4.78, 5) is 0. The first-order chi connectivity index (χ1) is 8.12. The average molecular weight is 227 g/mol. The molecule has 1 aromatic carbocycles. The maximum absolute atomic E-state index is 6.17. The lowest BCUT2D eigenvalue weighted by molar-refractivity contribution is 0.598. The summed E-state index contributed by atoms with van der Waals surface area (Å²) in [6.45, 7) is 4.45. The zero-order chi connectivity index (χ0) is 12.0. The smallest absolute Gasteiger partial charge is 0.0681 e. The highest BCUT2D eigenvalue weighted by Crippen LogP contribution is 2.58. The Balaban J connectivity index is 2.07. The van der Waals surface area contributed by atoms with Crippen molar-refractivity contribution in [2.45, 2.75) is 25.8 Å². The molecule has 0 aliphatic heterocycles. The average Bonchev–Trinajstić information content (AvgIpc) is 2.76. The molecule has 1 aromatic heterocycles. The highest BCUT2D eigenvalue weighted by Gasteiger charge is 2.56. The summed E-state index contributed by atoms with van der Waals surface area (Å²) < 4.78 is 1.91. The van der Waals surface area contributed by atoms with Crippen molar-refractivity contribution in [3.05, 3.63) is 48.3 Å². The fourth-order valence-corrected chi connectivity index (χ4v) is 2.64. The van der Waals surface area contributed by atoms with Gasteiger partial charge in [0, 0.05) is 24.4 Å². The van der Waals surface area contributed by atoms with Gasteiger partial charge in [-0.3, -0.25) is 0 Å². The van der Waals surface area contributed by atoms with Crippen molar-refractivity contribution in [2.24, 2.45) is 11.1 Å². The number of aromatic nitrogens is 2. The first-order valence-electron chi connectivity index (χ1n) is 5.97. The molecule has 0 radical (unpaired) electrons. The molecule has 1 aliphatic carbocycles. The zero-order valence-electron chi connectivity index (χ0n) is 10.2. The van der Waals surface area contributed by atoms with Gasteiger partial charge in [-0.25, -0.2) is 4.68 Å². The largest absolute Gasteiger partial charge is 0.327 e. The fraction of sp³-hybridized carbons (Fsp3) is 0.357. The summed E-state index contributed by atoms with van der Waals surface area (Å²) >= 11 is 0. The van der Waals surface area contributed by atoms with Crippen LogP contribution in [0.2, 0.25) is 0 Å². The summed E-state index contributed by atoms with van der Waals surface area (Å²) in [6.07, 6.45) is 3.77. The summed E-state index contributed by atoms with van der Waals surface area (Å²) in [7, 11) is 0. The Labute approximate surface area is 101 Å². The number of rotatable bonds is 2. The summed E-state index contributed by atoms with van der Waals surface area (Å²) in [6, 6.07) is 10.6. The Morgan fingerprint density at radius 1 is 1.24 bits per heavy atom. The van der Waals surface area contributed by atoms with E-state index in [4.69, 9.17) is 5.73 Å². The number of hydrogen-bond acceptors (Lipinski definition) is 2. The standard InChI is InChI=1S/C14H17N3/c1-14(2)12(13(14)15)10-6-3-4-7-11(10)17-9-5-8-16-17/h3-9,12-13H,15H2,1-2H3/t12-,13-/m1/s1. The molecule has 2 atom stereocenters. The predicted octanol–water partition coefficient (Wildman–Crippen LogP) is 2.32. The molecule has 0 unspecified atom stereocenters. The molecule has 1 heterocycles. The molecule has 1 saturated carbocycles. The van der Waals surface area contributed by atoms with E-state index < -0.39 is 0 Å². The van der Waals surface area contributed by atoms with Crippen LogP contribution in [0.3, 0.4) is 0 Å². The van der Waals surface area contributed by atoms with Crippen LogP contribution in [0.5, 0.6) is 0 Å². The Kier molecular flexibility index (Phi) is 2.13. The third-order valence-corrected chi connectivity index (χ3v) is 3.93. The van der Waals surface area contributed by atoms with Crippen molar-refractivity contribution < 1.29 is 0 Å². The van der Waals surface area contributed by atoms with Crippen molar-refractivity contribution in [3.63, 3.8) is 0 Å². The van der Waals surface area contributed by atoms with Gasteiger partial charge in [-0.15, -0.1) is 0 Å². The van der Waals surface area contributed by atoms with Gasteiger partial charge in [0.15, 0.2) is 0 Å². The number of nitrogens with zero attached hydrogens (tertiary/aromatic N) is 2. The van der Waals surface area contributed by atoms with E-state index in [1.165, 1.54) is 5.56 Å². The molecule has 1 fully saturated rings. The lowest BCUT2D eigenvalue weighted by atomic mass is 10.0. The molecule has 0 amide bonds. The molecule has 17 heavy (non-hydrogen) atoms. The van der Waals surface area contributed by atoms with Crippen LogP contribution in [0, 0.1) is 5.41 Å². The van der Waals surface area contributed by atoms with Crippen LogP contribution >= 0.6 is 0 Å². The molecule has 3 rings (SSSR count). The van der Waals surface area contributed by atoms with Crippen LogP contribution in [0.1, 0.15) is 25.3 Å². The molecule has 2 aromatic rings. The normalized spacial score (nSPS) is 25.8. The number of para-hydroxylation sites is 1. The monoisotopic (exact) mass is 227 g/mol. The topological polar surface area (TPSA) is 43.8 Å². The van der Waals surface area contributed by atoms with Crippen LogP contribution in [-0.2, 0) is 0 Å². The second-order valence-electron chi connectivity index (χ2n) is 5.33. The van der Waals surface area contributed by atoms with Gasteiger partial charge in [-0.2, -0.15) is 5.10 Å². The number of nitrogens with two attached hydrogens (primary N) is 1. The SMILES string of the molecule is CC1(C)[C@H](N)[C@H]1c1ccccc1-n1cccn1. The Morgan fingerprint density at radius 2 is 1.94 bits per heavy atom. The quantitative estimate of drug-likeness (QED) is 0.855. The highest BCUT2D eigenvalue weighted by molar-refractivity contribution is 5.48. The molecule has 88 valence electrons. The van der Waals surface area contributed by atoms with Crippen molar-refractivity contribution in [2.75, 3.05) is 0 Å². The molecular weight excluding hydrogens is 210 g/mol. The molecular formula is C14H17N3. The minimum atomic E-state index is 0.198. The zero-order valence-corrected chi connectivity index (χ0v) is 10.2. The minimum Gasteiger partial charge on any atom is -0.327 e. The second-order valence-corrected chi connectivity index (χ2v) is 5.33. The maximum atomic E-state index is 6.17. The van der Waals surface area contributed by atoms with Crippen LogP contribution in [0.4, 0.5) is 0 Å². The minimum absolute atomic E-state index is 0.198. The van der Waals surface area contributed by atoms with Crippen LogP contribution in [0.15, 0.2) is 42.7 Å². The predicted molar refractivity (Wildman–Crippen MR) is 68.1 cm³/mol. The van der Waals surface area contributed by atoms with E-state index in [0.29, 0.717) is 5.92 Å². The Hall–Kier alpha value is -1.61.